The molecule has 0 aliphatic heterocycles. The Hall–Kier alpha value is -4.70. The van der Waals surface area contributed by atoms with E-state index in [1.54, 1.807) is 0 Å². The Bertz CT molecular complexity index is 1710. The normalized spacial score (nSPS) is 11.8. The molecule has 482 valence electrons. The summed E-state index contributed by atoms with van der Waals surface area (Å²) in [5.41, 5.74) is 0. The van der Waals surface area contributed by atoms with Crippen LogP contribution in [-0.4, -0.2) is 193 Å². The van der Waals surface area contributed by atoms with Crippen LogP contribution in [-0.2, 0) is 71.6 Å². The minimum absolute atomic E-state index is 0.00254. The number of ether oxygens (including phenoxy) is 6. The predicted octanol–water partition coefficient (Wildman–Crippen LogP) is 4.52. The van der Waals surface area contributed by atoms with E-state index in [-0.39, 0.29) is 86.8 Å². The van der Waals surface area contributed by atoms with Gasteiger partial charge in [0.05, 0.1) is 52.9 Å². The quantitative estimate of drug-likeness (QED) is 0.0294. The van der Waals surface area contributed by atoms with Crippen LogP contribution >= 0.6 is 12.8 Å². The lowest BCUT2D eigenvalue weighted by Gasteiger charge is -2.14. The van der Waals surface area contributed by atoms with Gasteiger partial charge < -0.3 is 75.6 Å². The molecule has 0 fully saturated rings. The molecule has 26 heteroatoms. The molecule has 0 radical (unpaired) electrons. The van der Waals surface area contributed by atoms with E-state index in [4.69, 9.17) is 38.6 Å². The summed E-state index contributed by atoms with van der Waals surface area (Å²) in [6.45, 7) is 6.85. The van der Waals surface area contributed by atoms with Crippen molar-refractivity contribution in [3.05, 3.63) is 0 Å². The molecule has 10 N–H and O–H groups in total. The molecule has 0 spiro atoms. The van der Waals surface area contributed by atoms with Crippen LogP contribution in [0.1, 0.15) is 186 Å². The zero-order valence-electron chi connectivity index (χ0n) is 49.6. The molecule has 0 saturated carbocycles. The molecule has 0 aliphatic carbocycles. The van der Waals surface area contributed by atoms with Crippen molar-refractivity contribution in [2.45, 2.75) is 198 Å². The second-order valence-electron chi connectivity index (χ2n) is 20.2. The van der Waals surface area contributed by atoms with E-state index < -0.39 is 30.0 Å². The zero-order chi connectivity index (χ0) is 61.1. The summed E-state index contributed by atoms with van der Waals surface area (Å²) >= 11 is 3.79. The van der Waals surface area contributed by atoms with Gasteiger partial charge in [0.15, 0.2) is 0 Å². The van der Waals surface area contributed by atoms with Crippen LogP contribution in [0.2, 0.25) is 0 Å². The van der Waals surface area contributed by atoms with Crippen molar-refractivity contribution in [1.82, 2.24) is 36.6 Å². The molecule has 83 heavy (non-hydrogen) atoms. The summed E-state index contributed by atoms with van der Waals surface area (Å²) in [6.07, 6.45) is 19.9. The third kappa shape index (κ3) is 57.5. The van der Waals surface area contributed by atoms with Gasteiger partial charge in [0, 0.05) is 104 Å². The number of carboxylic acid groups (broad SMARTS) is 3. The zero-order valence-corrected chi connectivity index (χ0v) is 50.5. The topological polar surface area (TPSA) is 354 Å². The minimum atomic E-state index is -1.17. The lowest BCUT2D eigenvalue weighted by molar-refractivity contribution is -0.142. The van der Waals surface area contributed by atoms with Crippen molar-refractivity contribution in [2.75, 3.05) is 112 Å². The number of hydrogen-bond acceptors (Lipinski definition) is 17. The van der Waals surface area contributed by atoms with Crippen LogP contribution < -0.4 is 36.6 Å². The maximum atomic E-state index is 12.4. The largest absolute Gasteiger partial charge is 0.481 e. The first kappa shape index (κ1) is 78.3. The highest BCUT2D eigenvalue weighted by Crippen LogP contribution is 2.14. The number of aliphatic carboxylic acids is 3. The third-order valence-electron chi connectivity index (χ3n) is 12.8. The first-order valence-electron chi connectivity index (χ1n) is 30.4. The van der Waals surface area contributed by atoms with Gasteiger partial charge >= 0.3 is 17.9 Å². The number of carbonyl (C=O) groups excluding carboxylic acids is 6. The van der Waals surface area contributed by atoms with Crippen LogP contribution in [0.3, 0.4) is 0 Å². The van der Waals surface area contributed by atoms with E-state index >= 15 is 0 Å². The van der Waals surface area contributed by atoms with Gasteiger partial charge in [0.1, 0.15) is 12.1 Å². The second-order valence-corrected chi connectivity index (χ2v) is 20.5. The molecule has 0 bridgehead atoms. The van der Waals surface area contributed by atoms with Gasteiger partial charge in [-0.3, -0.25) is 43.1 Å². The number of nitrogens with one attached hydrogen (secondary N) is 7. The summed E-state index contributed by atoms with van der Waals surface area (Å²) < 4.78 is 35.5. The number of hydrogen-bond donors (Lipinski definition) is 11. The van der Waals surface area contributed by atoms with Gasteiger partial charge in [-0.1, -0.05) is 89.9 Å². The lowest BCUT2D eigenvalue weighted by Crippen LogP contribution is -2.41. The van der Waals surface area contributed by atoms with Crippen molar-refractivity contribution in [3.8, 4) is 0 Å². The van der Waals surface area contributed by atoms with E-state index in [0.717, 1.165) is 38.5 Å². The smallest absolute Gasteiger partial charge is 0.326 e. The predicted molar refractivity (Wildman–Crippen MR) is 315 cm³/mol. The fraction of sp³-hybridized carbons (Fsp3) is 0.842. The molecule has 0 aromatic heterocycles. The molecular weight excluding hydrogens is 1100 g/mol. The standard InChI is InChI=1S/C57H105N7O18S/c65-49(25-24-47(56(73)74)63-54(70)22-13-11-9-7-5-3-1-2-4-6-8-10-12-14-23-55(71)72)59-31-17-35-77-39-43-81-44-40-79-37-19-33-61-52(68)28-29-53(69)62-34-20-38-80-42-46-82-45-41-78-36-18-32-60-51(67)27-26-50(66)58-30-16-15-21-48(64-83)57(75)76/h47-48,64,83H,1-46H2,(H,58,66)(H,59,65)(H,60,67)(H,61,68)(H,62,69)(H,63,70)(H,71,72)(H,73,74)(H,75,76). The van der Waals surface area contributed by atoms with Crippen LogP contribution in [0.15, 0.2) is 0 Å². The SMILES string of the molecule is O=C(O)CCCCCCCCCCCCCCCCC(=O)NC(CCC(=O)NCCCOCCOCCOCCCNC(=O)CCC(=O)NCCCOCCOCCOCCCNC(=O)CCC(=O)NCCCCC(NS)C(=O)O)C(=O)O. The molecule has 2 unspecified atom stereocenters. The number of rotatable bonds is 63. The second kappa shape index (κ2) is 59.0. The molecule has 25 nitrogen and oxygen atoms in total. The monoisotopic (exact) mass is 1210 g/mol. The number of amides is 6. The molecule has 0 heterocycles. The summed E-state index contributed by atoms with van der Waals surface area (Å²) in [4.78, 5) is 106. The Kier molecular flexibility index (Phi) is 55.7. The van der Waals surface area contributed by atoms with Crippen molar-refractivity contribution >= 4 is 66.2 Å². The summed E-state index contributed by atoms with van der Waals surface area (Å²) in [5.74, 6) is -4.35. The third-order valence-corrected chi connectivity index (χ3v) is 13.1. The Morgan fingerprint density at radius 3 is 0.892 bits per heavy atom. The molecule has 6 amide bonds. The highest BCUT2D eigenvalue weighted by Gasteiger charge is 2.21. The Morgan fingerprint density at radius 2 is 0.578 bits per heavy atom. The van der Waals surface area contributed by atoms with Crippen molar-refractivity contribution in [2.24, 2.45) is 0 Å². The van der Waals surface area contributed by atoms with Gasteiger partial charge in [-0.25, -0.2) is 4.79 Å². The van der Waals surface area contributed by atoms with E-state index in [1.807, 2.05) is 0 Å². The molecule has 0 aromatic carbocycles. The average Bonchev–Trinajstić information content (AvgIpc) is 3.45. The van der Waals surface area contributed by atoms with Gasteiger partial charge in [-0.2, -0.15) is 0 Å². The van der Waals surface area contributed by atoms with Crippen molar-refractivity contribution in [3.63, 3.8) is 0 Å². The van der Waals surface area contributed by atoms with Gasteiger partial charge in [0.2, 0.25) is 35.4 Å². The highest BCUT2D eigenvalue weighted by atomic mass is 32.1. The first-order chi connectivity index (χ1) is 40.2. The molecular formula is C57H105N7O18S. The van der Waals surface area contributed by atoms with E-state index in [0.29, 0.717) is 163 Å². The van der Waals surface area contributed by atoms with E-state index in [9.17, 15) is 48.3 Å². The molecule has 2 atom stereocenters. The Labute approximate surface area is 498 Å². The van der Waals surface area contributed by atoms with E-state index in [2.05, 4.69) is 49.4 Å². The average molecular weight is 1210 g/mol. The van der Waals surface area contributed by atoms with Gasteiger partial charge in [-0.05, 0) is 64.2 Å². The summed E-state index contributed by atoms with van der Waals surface area (Å²) in [5, 5.41) is 43.6. The fourth-order valence-electron chi connectivity index (χ4n) is 8.01. The van der Waals surface area contributed by atoms with Crippen LogP contribution in [0.25, 0.3) is 0 Å². The minimum Gasteiger partial charge on any atom is -0.481 e. The number of thiol groups is 1. The summed E-state index contributed by atoms with van der Waals surface area (Å²) in [7, 11) is 0. The maximum absolute atomic E-state index is 12.4. The lowest BCUT2D eigenvalue weighted by atomic mass is 10.0. The Balaban J connectivity index is 3.54. The molecule has 0 aromatic rings. The van der Waals surface area contributed by atoms with Crippen molar-refractivity contribution in [1.29, 1.82) is 0 Å². The van der Waals surface area contributed by atoms with Gasteiger partial charge in [0.25, 0.3) is 0 Å². The molecule has 0 rings (SSSR count). The summed E-state index contributed by atoms with van der Waals surface area (Å²) in [6, 6.07) is -1.86. The fourth-order valence-corrected chi connectivity index (χ4v) is 8.25. The van der Waals surface area contributed by atoms with Gasteiger partial charge in [-0.15, -0.1) is 0 Å². The number of unbranched alkanes of at least 4 members (excludes halogenated alkanes) is 14. The van der Waals surface area contributed by atoms with Crippen LogP contribution in [0, 0.1) is 0 Å². The highest BCUT2D eigenvalue weighted by molar-refractivity contribution is 7.78. The van der Waals surface area contributed by atoms with Crippen LogP contribution in [0.4, 0.5) is 0 Å². The molecule has 0 saturated heterocycles. The molecule has 0 aliphatic rings. The number of carboxylic acids is 3. The van der Waals surface area contributed by atoms with Crippen LogP contribution in [0.5, 0.6) is 0 Å². The maximum Gasteiger partial charge on any atom is 0.326 e. The van der Waals surface area contributed by atoms with E-state index in [1.165, 1.54) is 44.9 Å². The number of carbonyl (C=O) groups is 9. The first-order valence-corrected chi connectivity index (χ1v) is 30.9. The Morgan fingerprint density at radius 1 is 0.289 bits per heavy atom. The van der Waals surface area contributed by atoms with Crippen molar-refractivity contribution < 1.29 is 86.9 Å².